The summed E-state index contributed by atoms with van der Waals surface area (Å²) in [6, 6.07) is 17.3. The Labute approximate surface area is 179 Å². The lowest BCUT2D eigenvalue weighted by Crippen LogP contribution is -2.25. The summed E-state index contributed by atoms with van der Waals surface area (Å²) in [6.07, 6.45) is 7.06. The van der Waals surface area contributed by atoms with Crippen molar-refractivity contribution < 1.29 is 14.7 Å². The lowest BCUT2D eigenvalue weighted by molar-refractivity contribution is -0.137. The summed E-state index contributed by atoms with van der Waals surface area (Å²) in [4.78, 5) is 24.8. The van der Waals surface area contributed by atoms with Gasteiger partial charge in [0.2, 0.25) is 5.91 Å². The number of amides is 1. The highest BCUT2D eigenvalue weighted by Crippen LogP contribution is 2.38. The first-order valence-electron chi connectivity index (χ1n) is 11.1. The summed E-state index contributed by atoms with van der Waals surface area (Å²) in [7, 11) is 0. The molecule has 0 radical (unpaired) electrons. The smallest absolute Gasteiger partial charge is 0.303 e. The van der Waals surface area contributed by atoms with E-state index in [2.05, 4.69) is 58.7 Å². The Morgan fingerprint density at radius 3 is 2.07 bits per heavy atom. The first kappa shape index (κ1) is 21.9. The predicted molar refractivity (Wildman–Crippen MR) is 120 cm³/mol. The number of aliphatic carboxylic acids is 1. The number of fused-ring (bicyclic) bond motifs is 2. The number of carboxylic acids is 1. The van der Waals surface area contributed by atoms with Gasteiger partial charge in [0.1, 0.15) is 0 Å². The molecule has 5 heteroatoms. The maximum Gasteiger partial charge on any atom is 0.303 e. The normalized spacial score (nSPS) is 12.2. The van der Waals surface area contributed by atoms with E-state index in [9.17, 15) is 9.59 Å². The van der Waals surface area contributed by atoms with Gasteiger partial charge in [0, 0.05) is 43.7 Å². The third-order valence-corrected chi connectivity index (χ3v) is 5.62. The van der Waals surface area contributed by atoms with E-state index in [-0.39, 0.29) is 12.3 Å². The fourth-order valence-corrected chi connectivity index (χ4v) is 4.05. The van der Waals surface area contributed by atoms with Crippen molar-refractivity contribution in [1.82, 2.24) is 5.32 Å². The Hall–Kier alpha value is -2.82. The number of para-hydroxylation sites is 2. The average Bonchev–Trinajstić information content (AvgIpc) is 2.75. The monoisotopic (exact) mass is 408 g/mol. The van der Waals surface area contributed by atoms with Crippen LogP contribution in [0.1, 0.15) is 62.5 Å². The quantitative estimate of drug-likeness (QED) is 0.482. The summed E-state index contributed by atoms with van der Waals surface area (Å²) >= 11 is 0. The van der Waals surface area contributed by atoms with Crippen molar-refractivity contribution in [2.24, 2.45) is 0 Å². The standard InChI is InChI=1S/C25H32N2O3/c28-24(26-17-9-1-4-16-25(29)30)15-3-2-10-18-27-22-13-7-5-11-20(22)19-21-12-6-8-14-23(21)27/h5-8,11-14H,1-4,9-10,15-19H2,(H,26,28)(H,29,30). The van der Waals surface area contributed by atoms with Crippen LogP contribution in [0.5, 0.6) is 0 Å². The van der Waals surface area contributed by atoms with Crippen LogP contribution in [-0.4, -0.2) is 30.1 Å². The lowest BCUT2D eigenvalue weighted by Gasteiger charge is -2.33. The number of hydrogen-bond donors (Lipinski definition) is 2. The molecule has 0 saturated heterocycles. The van der Waals surface area contributed by atoms with Gasteiger partial charge in [-0.2, -0.15) is 0 Å². The summed E-state index contributed by atoms with van der Waals surface area (Å²) in [5.41, 5.74) is 5.35. The van der Waals surface area contributed by atoms with Crippen LogP contribution in [0, 0.1) is 0 Å². The largest absolute Gasteiger partial charge is 0.481 e. The number of benzene rings is 2. The number of unbranched alkanes of at least 4 members (excludes halogenated alkanes) is 4. The van der Waals surface area contributed by atoms with E-state index in [0.29, 0.717) is 19.4 Å². The van der Waals surface area contributed by atoms with E-state index in [1.807, 2.05) is 0 Å². The molecular formula is C25H32N2O3. The second kappa shape index (κ2) is 11.4. The molecule has 3 rings (SSSR count). The van der Waals surface area contributed by atoms with Gasteiger partial charge in [-0.15, -0.1) is 0 Å². The van der Waals surface area contributed by atoms with Gasteiger partial charge in [0.15, 0.2) is 0 Å². The Morgan fingerprint density at radius 2 is 1.40 bits per heavy atom. The second-order valence-corrected chi connectivity index (χ2v) is 7.95. The van der Waals surface area contributed by atoms with Crippen LogP contribution in [0.15, 0.2) is 48.5 Å². The van der Waals surface area contributed by atoms with Crippen molar-refractivity contribution >= 4 is 23.3 Å². The topological polar surface area (TPSA) is 69.6 Å². The second-order valence-electron chi connectivity index (χ2n) is 7.95. The van der Waals surface area contributed by atoms with Crippen molar-refractivity contribution in [1.29, 1.82) is 0 Å². The minimum atomic E-state index is -0.754. The van der Waals surface area contributed by atoms with Crippen LogP contribution in [0.4, 0.5) is 11.4 Å². The van der Waals surface area contributed by atoms with Crippen LogP contribution in [0.2, 0.25) is 0 Å². The maximum absolute atomic E-state index is 12.0. The zero-order valence-corrected chi connectivity index (χ0v) is 17.6. The first-order valence-corrected chi connectivity index (χ1v) is 11.1. The molecule has 0 bridgehead atoms. The third-order valence-electron chi connectivity index (χ3n) is 5.62. The van der Waals surface area contributed by atoms with Crippen LogP contribution in [0.3, 0.4) is 0 Å². The third kappa shape index (κ3) is 6.34. The number of hydrogen-bond acceptors (Lipinski definition) is 3. The van der Waals surface area contributed by atoms with E-state index in [1.54, 1.807) is 0 Å². The van der Waals surface area contributed by atoms with Crippen LogP contribution in [-0.2, 0) is 16.0 Å². The molecular weight excluding hydrogens is 376 g/mol. The molecule has 5 nitrogen and oxygen atoms in total. The van der Waals surface area contributed by atoms with E-state index >= 15 is 0 Å². The molecule has 2 aromatic rings. The summed E-state index contributed by atoms with van der Waals surface area (Å²) in [5, 5.41) is 11.5. The highest BCUT2D eigenvalue weighted by Gasteiger charge is 2.21. The summed E-state index contributed by atoms with van der Waals surface area (Å²) in [6.45, 7) is 1.60. The van der Waals surface area contributed by atoms with E-state index < -0.39 is 5.97 Å². The molecule has 0 fully saturated rings. The van der Waals surface area contributed by atoms with Gasteiger partial charge in [-0.25, -0.2) is 0 Å². The number of carboxylic acid groups (broad SMARTS) is 1. The molecule has 30 heavy (non-hydrogen) atoms. The molecule has 0 spiro atoms. The van der Waals surface area contributed by atoms with E-state index in [4.69, 9.17) is 5.11 Å². The number of carbonyl (C=O) groups is 2. The molecule has 0 unspecified atom stereocenters. The molecule has 1 aliphatic rings. The van der Waals surface area contributed by atoms with Gasteiger partial charge >= 0.3 is 5.97 Å². The Morgan fingerprint density at radius 1 is 0.800 bits per heavy atom. The van der Waals surface area contributed by atoms with Gasteiger partial charge in [0.25, 0.3) is 0 Å². The van der Waals surface area contributed by atoms with E-state index in [0.717, 1.165) is 45.1 Å². The fraction of sp³-hybridized carbons (Fsp3) is 0.440. The highest BCUT2D eigenvalue weighted by molar-refractivity contribution is 5.76. The van der Waals surface area contributed by atoms with Crippen LogP contribution >= 0.6 is 0 Å². The predicted octanol–water partition coefficient (Wildman–Crippen LogP) is 5.05. The minimum absolute atomic E-state index is 0.0990. The molecule has 2 N–H and O–H groups in total. The Kier molecular flexibility index (Phi) is 8.30. The molecule has 2 aromatic carbocycles. The van der Waals surface area contributed by atoms with Crippen molar-refractivity contribution in [2.75, 3.05) is 18.0 Å². The summed E-state index contributed by atoms with van der Waals surface area (Å²) in [5.74, 6) is -0.655. The minimum Gasteiger partial charge on any atom is -0.481 e. The first-order chi connectivity index (χ1) is 14.6. The van der Waals surface area contributed by atoms with Gasteiger partial charge in [0.05, 0.1) is 0 Å². The van der Waals surface area contributed by atoms with Gasteiger partial charge in [-0.1, -0.05) is 49.2 Å². The van der Waals surface area contributed by atoms with E-state index in [1.165, 1.54) is 22.5 Å². The van der Waals surface area contributed by atoms with Crippen LogP contribution < -0.4 is 10.2 Å². The number of rotatable bonds is 12. The zero-order chi connectivity index (χ0) is 21.2. The van der Waals surface area contributed by atoms with Crippen molar-refractivity contribution in [3.63, 3.8) is 0 Å². The lowest BCUT2D eigenvalue weighted by atomic mass is 9.95. The fourth-order valence-electron chi connectivity index (χ4n) is 4.05. The molecule has 160 valence electrons. The molecule has 0 aromatic heterocycles. The molecule has 0 saturated carbocycles. The van der Waals surface area contributed by atoms with Gasteiger partial charge in [-0.05, 0) is 48.9 Å². The van der Waals surface area contributed by atoms with Crippen molar-refractivity contribution in [2.45, 2.75) is 57.8 Å². The summed E-state index contributed by atoms with van der Waals surface area (Å²) < 4.78 is 0. The average molecular weight is 409 g/mol. The molecule has 1 amide bonds. The SMILES string of the molecule is O=C(O)CCCCCNC(=O)CCCCCN1c2ccccc2Cc2ccccc21. The maximum atomic E-state index is 12.0. The van der Waals surface area contributed by atoms with Crippen molar-refractivity contribution in [3.05, 3.63) is 59.7 Å². The number of nitrogens with one attached hydrogen (secondary N) is 1. The highest BCUT2D eigenvalue weighted by atomic mass is 16.4. The zero-order valence-electron chi connectivity index (χ0n) is 17.6. The number of anilines is 2. The number of carbonyl (C=O) groups excluding carboxylic acids is 1. The number of nitrogens with zero attached hydrogens (tertiary/aromatic N) is 1. The van der Waals surface area contributed by atoms with Crippen molar-refractivity contribution in [3.8, 4) is 0 Å². The van der Waals surface area contributed by atoms with Crippen LogP contribution in [0.25, 0.3) is 0 Å². The Balaban J connectivity index is 1.36. The molecule has 1 aliphatic heterocycles. The molecule has 1 heterocycles. The van der Waals surface area contributed by atoms with Gasteiger partial charge < -0.3 is 15.3 Å². The molecule has 0 atom stereocenters. The molecule has 0 aliphatic carbocycles. The van der Waals surface area contributed by atoms with Gasteiger partial charge in [-0.3, -0.25) is 9.59 Å². The Bertz CT molecular complexity index is 804.